The highest BCUT2D eigenvalue weighted by Gasteiger charge is 2.18. The monoisotopic (exact) mass is 378 g/mol. The zero-order valence-electron chi connectivity index (χ0n) is 16.5. The fraction of sp³-hybridized carbons (Fsp3) is 0.500. The summed E-state index contributed by atoms with van der Waals surface area (Å²) in [5.41, 5.74) is 1.38. The first kappa shape index (κ1) is 19.0. The van der Waals surface area contributed by atoms with Crippen LogP contribution in [0.25, 0.3) is 10.8 Å². The molecule has 0 spiro atoms. The van der Waals surface area contributed by atoms with Gasteiger partial charge in [0.15, 0.2) is 0 Å². The van der Waals surface area contributed by atoms with Crippen molar-refractivity contribution >= 4 is 22.6 Å². The second-order valence-corrected chi connectivity index (χ2v) is 8.39. The Bertz CT molecular complexity index is 778. The molecule has 4 rings (SSSR count). The van der Waals surface area contributed by atoms with Crippen molar-refractivity contribution in [1.29, 1.82) is 0 Å². The molecule has 28 heavy (non-hydrogen) atoms. The second kappa shape index (κ2) is 8.76. The summed E-state index contributed by atoms with van der Waals surface area (Å²) in [5, 5.41) is 8.33. The molecule has 2 aromatic rings. The van der Waals surface area contributed by atoms with Gasteiger partial charge in [-0.3, -0.25) is 9.59 Å². The van der Waals surface area contributed by atoms with Crippen LogP contribution in [-0.2, 0) is 0 Å². The van der Waals surface area contributed by atoms with E-state index in [1.165, 1.54) is 38.5 Å². The van der Waals surface area contributed by atoms with E-state index in [-0.39, 0.29) is 11.8 Å². The summed E-state index contributed by atoms with van der Waals surface area (Å²) in [6.07, 6.45) is 11.7. The molecule has 0 radical (unpaired) electrons. The lowest BCUT2D eigenvalue weighted by atomic mass is 9.95. The minimum Gasteiger partial charge on any atom is -0.349 e. The van der Waals surface area contributed by atoms with Crippen LogP contribution in [0.4, 0.5) is 0 Å². The molecule has 2 saturated carbocycles. The number of hydrogen-bond donors (Lipinski definition) is 2. The van der Waals surface area contributed by atoms with Crippen molar-refractivity contribution in [3.63, 3.8) is 0 Å². The van der Waals surface area contributed by atoms with Crippen LogP contribution in [0.5, 0.6) is 0 Å². The highest BCUT2D eigenvalue weighted by Crippen LogP contribution is 2.22. The molecule has 0 bridgehead atoms. The molecular formula is C24H30N2O2. The summed E-state index contributed by atoms with van der Waals surface area (Å²) >= 11 is 0. The van der Waals surface area contributed by atoms with Crippen molar-refractivity contribution in [2.45, 2.75) is 76.3 Å². The molecule has 4 heteroatoms. The lowest BCUT2D eigenvalue weighted by Gasteiger charge is -2.23. The molecule has 148 valence electrons. The Morgan fingerprint density at radius 3 is 1.39 bits per heavy atom. The third kappa shape index (κ3) is 4.54. The molecule has 0 aliphatic heterocycles. The van der Waals surface area contributed by atoms with Gasteiger partial charge in [0.05, 0.1) is 0 Å². The predicted octanol–water partition coefficient (Wildman–Crippen LogP) is 4.96. The Balaban J connectivity index is 1.44. The molecule has 2 aromatic carbocycles. The van der Waals surface area contributed by atoms with Crippen LogP contribution in [0.2, 0.25) is 0 Å². The van der Waals surface area contributed by atoms with Gasteiger partial charge in [-0.15, -0.1) is 0 Å². The molecule has 2 N–H and O–H groups in total. The molecule has 2 aliphatic carbocycles. The molecule has 2 amide bonds. The fourth-order valence-corrected chi connectivity index (χ4v) is 4.56. The maximum atomic E-state index is 12.6. The minimum absolute atomic E-state index is 0.00733. The molecule has 4 nitrogen and oxygen atoms in total. The molecule has 0 aromatic heterocycles. The molecule has 2 fully saturated rings. The molecule has 2 aliphatic rings. The molecule has 0 heterocycles. The van der Waals surface area contributed by atoms with Gasteiger partial charge in [0.2, 0.25) is 0 Å². The summed E-state index contributed by atoms with van der Waals surface area (Å²) in [6, 6.07) is 12.1. The first-order valence-corrected chi connectivity index (χ1v) is 10.8. The number of carbonyl (C=O) groups is 2. The first-order valence-electron chi connectivity index (χ1n) is 10.8. The average Bonchev–Trinajstić information content (AvgIpc) is 2.74. The van der Waals surface area contributed by atoms with Crippen molar-refractivity contribution < 1.29 is 9.59 Å². The molecule has 0 saturated heterocycles. The quantitative estimate of drug-likeness (QED) is 0.789. The topological polar surface area (TPSA) is 58.2 Å². The number of benzene rings is 2. The van der Waals surface area contributed by atoms with E-state index in [1.807, 2.05) is 36.4 Å². The Labute approximate surface area is 167 Å². The van der Waals surface area contributed by atoms with Crippen LogP contribution in [-0.4, -0.2) is 23.9 Å². The second-order valence-electron chi connectivity index (χ2n) is 8.39. The van der Waals surface area contributed by atoms with Gasteiger partial charge in [0.1, 0.15) is 0 Å². The molecular weight excluding hydrogens is 348 g/mol. The summed E-state index contributed by atoms with van der Waals surface area (Å²) in [4.78, 5) is 25.2. The smallest absolute Gasteiger partial charge is 0.251 e. The third-order valence-corrected chi connectivity index (χ3v) is 6.25. The van der Waals surface area contributed by atoms with Crippen LogP contribution in [0, 0.1) is 0 Å². The van der Waals surface area contributed by atoms with Crippen LogP contribution in [0.15, 0.2) is 36.4 Å². The van der Waals surface area contributed by atoms with E-state index in [1.54, 1.807) is 0 Å². The first-order chi connectivity index (χ1) is 13.7. The van der Waals surface area contributed by atoms with Crippen molar-refractivity contribution in [3.05, 3.63) is 47.5 Å². The highest BCUT2D eigenvalue weighted by atomic mass is 16.2. The summed E-state index contributed by atoms with van der Waals surface area (Å²) in [6.45, 7) is 0. The number of fused-ring (bicyclic) bond motifs is 1. The number of hydrogen-bond acceptors (Lipinski definition) is 2. The molecule has 0 atom stereocenters. The number of nitrogens with one attached hydrogen (secondary N) is 2. The van der Waals surface area contributed by atoms with Gasteiger partial charge in [0, 0.05) is 23.2 Å². The largest absolute Gasteiger partial charge is 0.349 e. The average molecular weight is 379 g/mol. The summed E-state index contributed by atoms with van der Waals surface area (Å²) in [7, 11) is 0. The van der Waals surface area contributed by atoms with E-state index >= 15 is 0 Å². The summed E-state index contributed by atoms with van der Waals surface area (Å²) < 4.78 is 0. The maximum Gasteiger partial charge on any atom is 0.251 e. The normalized spacial score (nSPS) is 18.7. The number of amides is 2. The van der Waals surface area contributed by atoms with Gasteiger partial charge in [0.25, 0.3) is 11.8 Å². The van der Waals surface area contributed by atoms with E-state index in [9.17, 15) is 9.59 Å². The zero-order valence-corrected chi connectivity index (χ0v) is 16.5. The van der Waals surface area contributed by atoms with Gasteiger partial charge in [-0.25, -0.2) is 0 Å². The predicted molar refractivity (Wildman–Crippen MR) is 113 cm³/mol. The fourth-order valence-electron chi connectivity index (χ4n) is 4.56. The lowest BCUT2D eigenvalue weighted by Crippen LogP contribution is -2.36. The van der Waals surface area contributed by atoms with Crippen molar-refractivity contribution in [1.82, 2.24) is 10.6 Å². The van der Waals surface area contributed by atoms with Gasteiger partial charge in [-0.1, -0.05) is 50.7 Å². The Morgan fingerprint density at radius 2 is 1.00 bits per heavy atom. The van der Waals surface area contributed by atoms with Crippen LogP contribution in [0.3, 0.4) is 0 Å². The van der Waals surface area contributed by atoms with Gasteiger partial charge in [-0.05, 0) is 60.7 Å². The van der Waals surface area contributed by atoms with E-state index in [0.717, 1.165) is 36.5 Å². The highest BCUT2D eigenvalue weighted by molar-refractivity contribution is 6.02. The SMILES string of the molecule is O=C(NC1CCCCC1)c1ccc2cc(C(=O)NC3CCCCC3)ccc2c1. The maximum absolute atomic E-state index is 12.6. The van der Waals surface area contributed by atoms with Crippen molar-refractivity contribution in [2.24, 2.45) is 0 Å². The van der Waals surface area contributed by atoms with Crippen molar-refractivity contribution in [2.75, 3.05) is 0 Å². The minimum atomic E-state index is 0.00733. The van der Waals surface area contributed by atoms with E-state index in [0.29, 0.717) is 23.2 Å². The van der Waals surface area contributed by atoms with E-state index in [4.69, 9.17) is 0 Å². The Morgan fingerprint density at radius 1 is 0.607 bits per heavy atom. The summed E-state index contributed by atoms with van der Waals surface area (Å²) in [5.74, 6) is 0.0147. The van der Waals surface area contributed by atoms with Gasteiger partial charge < -0.3 is 10.6 Å². The zero-order chi connectivity index (χ0) is 19.3. The molecule has 0 unspecified atom stereocenters. The standard InChI is InChI=1S/C24H30N2O2/c27-23(25-21-7-3-1-4-8-21)19-13-11-18-16-20(14-12-17(18)15-19)24(28)26-22-9-5-2-6-10-22/h11-16,21-22H,1-10H2,(H,25,27)(H,26,28). The number of carbonyl (C=O) groups excluding carboxylic acids is 2. The van der Waals surface area contributed by atoms with Gasteiger partial charge in [-0.2, -0.15) is 0 Å². The van der Waals surface area contributed by atoms with Gasteiger partial charge >= 0.3 is 0 Å². The number of rotatable bonds is 4. The van der Waals surface area contributed by atoms with E-state index in [2.05, 4.69) is 10.6 Å². The third-order valence-electron chi connectivity index (χ3n) is 6.25. The van der Waals surface area contributed by atoms with Crippen molar-refractivity contribution in [3.8, 4) is 0 Å². The van der Waals surface area contributed by atoms with Crippen LogP contribution < -0.4 is 10.6 Å². The Hall–Kier alpha value is -2.36. The Kier molecular flexibility index (Phi) is 5.94. The van der Waals surface area contributed by atoms with Crippen LogP contribution in [0.1, 0.15) is 84.9 Å². The van der Waals surface area contributed by atoms with Crippen LogP contribution >= 0.6 is 0 Å². The lowest BCUT2D eigenvalue weighted by molar-refractivity contribution is 0.0919. The van der Waals surface area contributed by atoms with E-state index < -0.39 is 0 Å².